The van der Waals surface area contributed by atoms with Crippen molar-refractivity contribution in [3.63, 3.8) is 0 Å². The minimum atomic E-state index is -0.233. The second kappa shape index (κ2) is 8.60. The van der Waals surface area contributed by atoms with Gasteiger partial charge in [-0.05, 0) is 42.3 Å². The molecule has 0 aliphatic carbocycles. The van der Waals surface area contributed by atoms with Crippen molar-refractivity contribution in [2.75, 3.05) is 26.1 Å². The Hall–Kier alpha value is -2.99. The Bertz CT molecular complexity index is 971. The average molecular weight is 386 g/mol. The molecule has 1 heterocycles. The van der Waals surface area contributed by atoms with Crippen LogP contribution in [-0.4, -0.2) is 30.7 Å². The van der Waals surface area contributed by atoms with Gasteiger partial charge in [0, 0.05) is 23.2 Å². The number of halogens is 1. The fourth-order valence-electron chi connectivity index (χ4n) is 2.66. The van der Waals surface area contributed by atoms with Gasteiger partial charge in [0.15, 0.2) is 11.5 Å². The first-order valence-corrected chi connectivity index (χ1v) is 8.79. The van der Waals surface area contributed by atoms with Crippen LogP contribution in [0.1, 0.15) is 5.56 Å². The van der Waals surface area contributed by atoms with Gasteiger partial charge in [-0.1, -0.05) is 23.7 Å². The fourth-order valence-corrected chi connectivity index (χ4v) is 2.79. The normalized spacial score (nSPS) is 10.5. The third kappa shape index (κ3) is 4.80. The molecule has 2 N–H and O–H groups in total. The van der Waals surface area contributed by atoms with Crippen molar-refractivity contribution >= 4 is 17.5 Å². The van der Waals surface area contributed by atoms with Gasteiger partial charge in [0.1, 0.15) is 0 Å². The quantitative estimate of drug-likeness (QED) is 0.647. The summed E-state index contributed by atoms with van der Waals surface area (Å²) in [5, 5.41) is 3.86. The standard InChI is InChI=1S/C20H20ClN3O3/c1-26-17-8-5-14(11-18(17)27-2)16-12-19(25)24-20(23-16)22-10-9-13-3-6-15(21)7-4-13/h3-8,11-12H,9-10H2,1-2H3,(H2,22,23,24,25). The average Bonchev–Trinajstić information content (AvgIpc) is 2.68. The number of anilines is 1. The van der Waals surface area contributed by atoms with Gasteiger partial charge in [0.2, 0.25) is 5.95 Å². The Morgan fingerprint density at radius 1 is 1.04 bits per heavy atom. The molecule has 0 radical (unpaired) electrons. The van der Waals surface area contributed by atoms with E-state index in [1.54, 1.807) is 26.4 Å². The zero-order chi connectivity index (χ0) is 19.2. The van der Waals surface area contributed by atoms with Crippen LogP contribution >= 0.6 is 11.6 Å². The number of ether oxygens (including phenoxy) is 2. The SMILES string of the molecule is COc1ccc(-c2cc(=O)[nH]c(NCCc3ccc(Cl)cc3)n2)cc1OC. The highest BCUT2D eigenvalue weighted by Gasteiger charge is 2.09. The lowest BCUT2D eigenvalue weighted by atomic mass is 10.1. The number of methoxy groups -OCH3 is 2. The largest absolute Gasteiger partial charge is 0.493 e. The van der Waals surface area contributed by atoms with Gasteiger partial charge in [0.05, 0.1) is 19.9 Å². The van der Waals surface area contributed by atoms with Gasteiger partial charge in [-0.3, -0.25) is 9.78 Å². The third-order valence-corrected chi connectivity index (χ3v) is 4.29. The molecule has 0 saturated heterocycles. The van der Waals surface area contributed by atoms with Gasteiger partial charge in [-0.2, -0.15) is 0 Å². The lowest BCUT2D eigenvalue weighted by Crippen LogP contribution is -2.14. The van der Waals surface area contributed by atoms with Gasteiger partial charge in [-0.25, -0.2) is 4.98 Å². The highest BCUT2D eigenvalue weighted by atomic mass is 35.5. The summed E-state index contributed by atoms with van der Waals surface area (Å²) in [5.74, 6) is 1.61. The molecule has 0 bridgehead atoms. The van der Waals surface area contributed by atoms with Crippen LogP contribution in [0, 0.1) is 0 Å². The van der Waals surface area contributed by atoms with E-state index in [0.717, 1.165) is 17.5 Å². The molecule has 27 heavy (non-hydrogen) atoms. The van der Waals surface area contributed by atoms with Crippen LogP contribution in [0.4, 0.5) is 5.95 Å². The molecule has 0 amide bonds. The van der Waals surface area contributed by atoms with Crippen LogP contribution in [0.15, 0.2) is 53.3 Å². The molecule has 3 aromatic rings. The van der Waals surface area contributed by atoms with Crippen molar-refractivity contribution in [1.82, 2.24) is 9.97 Å². The molecular weight excluding hydrogens is 366 g/mol. The van der Waals surface area contributed by atoms with E-state index in [1.165, 1.54) is 6.07 Å². The molecule has 0 unspecified atom stereocenters. The molecular formula is C20H20ClN3O3. The molecule has 6 nitrogen and oxygen atoms in total. The highest BCUT2D eigenvalue weighted by Crippen LogP contribution is 2.31. The summed E-state index contributed by atoms with van der Waals surface area (Å²) < 4.78 is 10.6. The predicted molar refractivity (Wildman–Crippen MR) is 107 cm³/mol. The van der Waals surface area contributed by atoms with Gasteiger partial charge in [-0.15, -0.1) is 0 Å². The second-order valence-electron chi connectivity index (χ2n) is 5.85. The van der Waals surface area contributed by atoms with Crippen molar-refractivity contribution in [2.45, 2.75) is 6.42 Å². The topological polar surface area (TPSA) is 76.2 Å². The van der Waals surface area contributed by atoms with Gasteiger partial charge < -0.3 is 14.8 Å². The summed E-state index contributed by atoms with van der Waals surface area (Å²) in [6.45, 7) is 0.625. The summed E-state index contributed by atoms with van der Waals surface area (Å²) in [4.78, 5) is 19.2. The maximum absolute atomic E-state index is 12.0. The van der Waals surface area contributed by atoms with E-state index in [-0.39, 0.29) is 5.56 Å². The Balaban J connectivity index is 1.76. The number of nitrogens with zero attached hydrogens (tertiary/aromatic N) is 1. The molecule has 3 rings (SSSR count). The Morgan fingerprint density at radius 2 is 1.78 bits per heavy atom. The van der Waals surface area contributed by atoms with Crippen LogP contribution in [0.5, 0.6) is 11.5 Å². The number of aromatic nitrogens is 2. The lowest BCUT2D eigenvalue weighted by Gasteiger charge is -2.10. The van der Waals surface area contributed by atoms with Crippen molar-refractivity contribution in [1.29, 1.82) is 0 Å². The molecule has 0 aliphatic rings. The van der Waals surface area contributed by atoms with E-state index in [4.69, 9.17) is 21.1 Å². The van der Waals surface area contributed by atoms with Crippen LogP contribution < -0.4 is 20.3 Å². The summed E-state index contributed by atoms with van der Waals surface area (Å²) >= 11 is 5.89. The minimum Gasteiger partial charge on any atom is -0.493 e. The number of H-pyrrole nitrogens is 1. The van der Waals surface area contributed by atoms with Crippen molar-refractivity contribution in [3.8, 4) is 22.8 Å². The number of aromatic amines is 1. The Kier molecular flexibility index (Phi) is 5.98. The first kappa shape index (κ1) is 18.8. The van der Waals surface area contributed by atoms with Crippen LogP contribution in [0.2, 0.25) is 5.02 Å². The number of hydrogen-bond acceptors (Lipinski definition) is 5. The molecule has 0 saturated carbocycles. The van der Waals surface area contributed by atoms with E-state index in [0.29, 0.717) is 34.7 Å². The molecule has 2 aromatic carbocycles. The summed E-state index contributed by atoms with van der Waals surface area (Å²) in [5.41, 5.74) is 2.22. The third-order valence-electron chi connectivity index (χ3n) is 4.04. The van der Waals surface area contributed by atoms with E-state index >= 15 is 0 Å². The Morgan fingerprint density at radius 3 is 2.48 bits per heavy atom. The number of nitrogens with one attached hydrogen (secondary N) is 2. The van der Waals surface area contributed by atoms with E-state index in [2.05, 4.69) is 15.3 Å². The molecule has 140 valence electrons. The smallest absolute Gasteiger partial charge is 0.252 e. The second-order valence-corrected chi connectivity index (χ2v) is 6.29. The van der Waals surface area contributed by atoms with Crippen molar-refractivity contribution in [2.24, 2.45) is 0 Å². The molecule has 0 atom stereocenters. The maximum Gasteiger partial charge on any atom is 0.252 e. The minimum absolute atomic E-state index is 0.233. The predicted octanol–water partition coefficient (Wildman–Crippen LogP) is 3.76. The fraction of sp³-hybridized carbons (Fsp3) is 0.200. The summed E-state index contributed by atoms with van der Waals surface area (Å²) in [6, 6.07) is 14.5. The maximum atomic E-state index is 12.0. The van der Waals surface area contributed by atoms with E-state index in [1.807, 2.05) is 30.3 Å². The number of benzene rings is 2. The Labute approximate surface area is 162 Å². The van der Waals surface area contributed by atoms with Gasteiger partial charge >= 0.3 is 0 Å². The zero-order valence-corrected chi connectivity index (χ0v) is 15.8. The van der Waals surface area contributed by atoms with Crippen molar-refractivity contribution in [3.05, 3.63) is 69.5 Å². The molecule has 1 aromatic heterocycles. The molecule has 7 heteroatoms. The van der Waals surface area contributed by atoms with Crippen LogP contribution in [0.25, 0.3) is 11.3 Å². The number of hydrogen-bond donors (Lipinski definition) is 2. The highest BCUT2D eigenvalue weighted by molar-refractivity contribution is 6.30. The van der Waals surface area contributed by atoms with Crippen LogP contribution in [0.3, 0.4) is 0 Å². The number of rotatable bonds is 7. The first-order valence-electron chi connectivity index (χ1n) is 8.41. The molecule has 0 spiro atoms. The lowest BCUT2D eigenvalue weighted by molar-refractivity contribution is 0.355. The van der Waals surface area contributed by atoms with Crippen molar-refractivity contribution < 1.29 is 9.47 Å². The van der Waals surface area contributed by atoms with Crippen LogP contribution in [-0.2, 0) is 6.42 Å². The summed E-state index contributed by atoms with van der Waals surface area (Å²) in [6.07, 6.45) is 0.779. The van der Waals surface area contributed by atoms with E-state index in [9.17, 15) is 4.79 Å². The molecule has 0 fully saturated rings. The van der Waals surface area contributed by atoms with Gasteiger partial charge in [0.25, 0.3) is 5.56 Å². The summed E-state index contributed by atoms with van der Waals surface area (Å²) in [7, 11) is 3.14. The molecule has 0 aliphatic heterocycles. The monoisotopic (exact) mass is 385 g/mol. The van der Waals surface area contributed by atoms with E-state index < -0.39 is 0 Å². The first-order chi connectivity index (χ1) is 13.1. The zero-order valence-electron chi connectivity index (χ0n) is 15.1.